The van der Waals surface area contributed by atoms with Crippen molar-refractivity contribution in [2.24, 2.45) is 0 Å². The number of aromatic nitrogens is 3. The molecular weight excluding hydrogens is 749 g/mol. The van der Waals surface area contributed by atoms with E-state index in [9.17, 15) is 0 Å². The smallest absolute Gasteiger partial charge is 0.164 e. The molecule has 0 fully saturated rings. The van der Waals surface area contributed by atoms with Gasteiger partial charge in [-0.3, -0.25) is 0 Å². The maximum absolute atomic E-state index is 6.87. The molecule has 1 aliphatic carbocycles. The van der Waals surface area contributed by atoms with E-state index in [1.54, 1.807) is 0 Å². The third-order valence-corrected chi connectivity index (χ3v) is 11.8. The van der Waals surface area contributed by atoms with Crippen LogP contribution >= 0.6 is 0 Å². The predicted octanol–water partition coefficient (Wildman–Crippen LogP) is 14.8. The van der Waals surface area contributed by atoms with Crippen LogP contribution in [0.25, 0.3) is 95.2 Å². The van der Waals surface area contributed by atoms with Gasteiger partial charge in [-0.05, 0) is 65.9 Å². The monoisotopic (exact) mass is 784 g/mol. The standard InChI is InChI=1S/C55H36N4O2/c1-4-16-36(17-5-1)53-56-54(37-18-6-2-7-19-37)58-55(57-53)45-27-15-29-48-51(45)50-43-24-11-10-22-41(43)46(34-49(50)60-48)59(38-20-8-3-9-21-38)39-32-30-35(31-33-39)40-25-14-26-44-42-23-12-13-28-47(42)61-52(40)44/h1-9,11-21,23-34H,10,22H2. The van der Waals surface area contributed by atoms with Crippen LogP contribution in [0.3, 0.4) is 0 Å². The fourth-order valence-corrected chi connectivity index (χ4v) is 9.00. The zero-order valence-electron chi connectivity index (χ0n) is 33.0. The average molecular weight is 785 g/mol. The van der Waals surface area contributed by atoms with Gasteiger partial charge in [-0.25, -0.2) is 15.0 Å². The molecule has 12 rings (SSSR count). The lowest BCUT2D eigenvalue weighted by Gasteiger charge is -2.29. The van der Waals surface area contributed by atoms with Crippen LogP contribution in [-0.2, 0) is 6.42 Å². The van der Waals surface area contributed by atoms with Gasteiger partial charge >= 0.3 is 0 Å². The van der Waals surface area contributed by atoms with E-state index in [0.717, 1.165) is 107 Å². The molecule has 0 amide bonds. The first-order valence-electron chi connectivity index (χ1n) is 20.7. The second-order valence-electron chi connectivity index (χ2n) is 15.4. The number of hydrogen-bond donors (Lipinski definition) is 0. The molecule has 0 radical (unpaired) electrons. The Kier molecular flexibility index (Phi) is 8.20. The van der Waals surface area contributed by atoms with Gasteiger partial charge in [0.05, 0.1) is 5.69 Å². The maximum atomic E-state index is 6.87. The number of benzene rings is 8. The molecule has 0 aliphatic heterocycles. The topological polar surface area (TPSA) is 68.2 Å². The molecule has 0 spiro atoms. The average Bonchev–Trinajstić information content (AvgIpc) is 3.92. The predicted molar refractivity (Wildman–Crippen MR) is 248 cm³/mol. The molecule has 6 heteroatoms. The molecule has 6 nitrogen and oxygen atoms in total. The van der Waals surface area contributed by atoms with Crippen molar-refractivity contribution in [3.63, 3.8) is 0 Å². The SMILES string of the molecule is C1=Cc2c(c(N(c3ccccc3)c3ccc(-c4cccc5c4oc4ccccc45)cc3)cc3oc4cccc(-c5nc(-c6ccccc6)nc(-c6ccccc6)n5)c4c23)CC1. The van der Waals surface area contributed by atoms with Gasteiger partial charge in [0, 0.05) is 61.2 Å². The summed E-state index contributed by atoms with van der Waals surface area (Å²) in [4.78, 5) is 17.6. The van der Waals surface area contributed by atoms with Crippen LogP contribution in [0, 0.1) is 0 Å². The lowest BCUT2D eigenvalue weighted by atomic mass is 9.90. The van der Waals surface area contributed by atoms with Gasteiger partial charge in [-0.1, -0.05) is 152 Å². The Balaban J connectivity index is 1.04. The first-order valence-corrected chi connectivity index (χ1v) is 20.7. The highest BCUT2D eigenvalue weighted by atomic mass is 16.3. The van der Waals surface area contributed by atoms with Crippen LogP contribution in [0.2, 0.25) is 0 Å². The molecule has 0 saturated heterocycles. The van der Waals surface area contributed by atoms with Crippen molar-refractivity contribution < 1.29 is 8.83 Å². The van der Waals surface area contributed by atoms with Crippen molar-refractivity contribution >= 4 is 67.0 Å². The van der Waals surface area contributed by atoms with Gasteiger partial charge in [-0.2, -0.15) is 0 Å². The summed E-state index contributed by atoms with van der Waals surface area (Å²) in [6.07, 6.45) is 6.36. The third kappa shape index (κ3) is 5.91. The van der Waals surface area contributed by atoms with Gasteiger partial charge in [-0.15, -0.1) is 0 Å². The van der Waals surface area contributed by atoms with Crippen molar-refractivity contribution in [3.8, 4) is 45.3 Å². The molecule has 1 aliphatic rings. The zero-order valence-corrected chi connectivity index (χ0v) is 33.0. The molecule has 8 aromatic carbocycles. The van der Waals surface area contributed by atoms with Gasteiger partial charge in [0.25, 0.3) is 0 Å². The summed E-state index contributed by atoms with van der Waals surface area (Å²) in [7, 11) is 0. The Morgan fingerprint density at radius 2 is 1.05 bits per heavy atom. The summed E-state index contributed by atoms with van der Waals surface area (Å²) >= 11 is 0. The van der Waals surface area contributed by atoms with Gasteiger partial charge in [0.15, 0.2) is 17.5 Å². The number of fused-ring (bicyclic) bond motifs is 8. The van der Waals surface area contributed by atoms with E-state index in [0.29, 0.717) is 17.5 Å². The Hall–Kier alpha value is -8.09. The minimum Gasteiger partial charge on any atom is -0.456 e. The molecule has 0 bridgehead atoms. The molecule has 0 saturated carbocycles. The fourth-order valence-electron chi connectivity index (χ4n) is 9.00. The van der Waals surface area contributed by atoms with E-state index in [4.69, 9.17) is 23.8 Å². The summed E-state index contributed by atoms with van der Waals surface area (Å²) in [6.45, 7) is 0. The summed E-state index contributed by atoms with van der Waals surface area (Å²) in [6, 6.07) is 62.7. The fraction of sp³-hybridized carbons (Fsp3) is 0.0364. The quantitative estimate of drug-likeness (QED) is 0.160. The zero-order chi connectivity index (χ0) is 40.3. The minimum atomic E-state index is 0.600. The van der Waals surface area contributed by atoms with E-state index in [1.165, 1.54) is 5.56 Å². The van der Waals surface area contributed by atoms with E-state index in [1.807, 2.05) is 84.9 Å². The minimum absolute atomic E-state index is 0.600. The first-order chi connectivity index (χ1) is 30.2. The first kappa shape index (κ1) is 34.9. The van der Waals surface area contributed by atoms with Crippen LogP contribution in [-0.4, -0.2) is 15.0 Å². The summed E-state index contributed by atoms with van der Waals surface area (Å²) in [5.41, 5.74) is 13.9. The highest BCUT2D eigenvalue weighted by Crippen LogP contribution is 2.47. The molecule has 0 unspecified atom stereocenters. The van der Waals surface area contributed by atoms with Crippen molar-refractivity contribution in [1.82, 2.24) is 15.0 Å². The Bertz CT molecular complexity index is 3410. The van der Waals surface area contributed by atoms with Crippen molar-refractivity contribution in [2.75, 3.05) is 4.90 Å². The van der Waals surface area contributed by atoms with Gasteiger partial charge < -0.3 is 13.7 Å². The Morgan fingerprint density at radius 3 is 1.80 bits per heavy atom. The van der Waals surface area contributed by atoms with E-state index < -0.39 is 0 Å². The van der Waals surface area contributed by atoms with Crippen LogP contribution < -0.4 is 4.90 Å². The number of hydrogen-bond acceptors (Lipinski definition) is 6. The van der Waals surface area contributed by atoms with E-state index >= 15 is 0 Å². The Labute approximate surface area is 351 Å². The molecule has 0 N–H and O–H groups in total. The number of allylic oxidation sites excluding steroid dienone is 1. The normalized spacial score (nSPS) is 12.4. The molecule has 0 atom stereocenters. The Morgan fingerprint density at radius 1 is 0.443 bits per heavy atom. The molecular formula is C55H36N4O2. The second-order valence-corrected chi connectivity index (χ2v) is 15.4. The van der Waals surface area contributed by atoms with Crippen molar-refractivity contribution in [2.45, 2.75) is 12.8 Å². The van der Waals surface area contributed by atoms with Gasteiger partial charge in [0.2, 0.25) is 0 Å². The van der Waals surface area contributed by atoms with Crippen LogP contribution in [0.1, 0.15) is 17.5 Å². The number of furan rings is 2. The van der Waals surface area contributed by atoms with Crippen molar-refractivity contribution in [1.29, 1.82) is 0 Å². The molecule has 3 heterocycles. The number of anilines is 3. The molecule has 61 heavy (non-hydrogen) atoms. The number of nitrogens with zero attached hydrogens (tertiary/aromatic N) is 4. The van der Waals surface area contributed by atoms with Crippen LogP contribution in [0.15, 0.2) is 197 Å². The lowest BCUT2D eigenvalue weighted by Crippen LogP contribution is -2.14. The molecule has 11 aromatic rings. The lowest BCUT2D eigenvalue weighted by molar-refractivity contribution is 0.668. The van der Waals surface area contributed by atoms with Crippen LogP contribution in [0.5, 0.6) is 0 Å². The molecule has 288 valence electrons. The van der Waals surface area contributed by atoms with E-state index in [2.05, 4.69) is 114 Å². The third-order valence-electron chi connectivity index (χ3n) is 11.8. The van der Waals surface area contributed by atoms with Crippen molar-refractivity contribution in [3.05, 3.63) is 199 Å². The largest absolute Gasteiger partial charge is 0.456 e. The number of rotatable bonds is 7. The highest BCUT2D eigenvalue weighted by Gasteiger charge is 2.26. The highest BCUT2D eigenvalue weighted by molar-refractivity contribution is 6.17. The van der Waals surface area contributed by atoms with E-state index in [-0.39, 0.29) is 0 Å². The summed E-state index contributed by atoms with van der Waals surface area (Å²) in [5.74, 6) is 1.84. The summed E-state index contributed by atoms with van der Waals surface area (Å²) < 4.78 is 13.3. The maximum Gasteiger partial charge on any atom is 0.164 e. The summed E-state index contributed by atoms with van der Waals surface area (Å²) in [5, 5.41) is 4.30. The second kappa shape index (κ2) is 14.3. The van der Waals surface area contributed by atoms with Crippen LogP contribution in [0.4, 0.5) is 17.1 Å². The van der Waals surface area contributed by atoms with Gasteiger partial charge in [0.1, 0.15) is 22.3 Å². The number of para-hydroxylation sites is 3. The molecule has 3 aromatic heterocycles.